The zero-order valence-electron chi connectivity index (χ0n) is 10.00. The third-order valence-corrected chi connectivity index (χ3v) is 2.24. The van der Waals surface area contributed by atoms with Gasteiger partial charge in [-0.15, -0.1) is 0 Å². The minimum Gasteiger partial charge on any atom is -0.437 e. The largest absolute Gasteiger partial charge is 0.437 e. The molecule has 0 saturated heterocycles. The van der Waals surface area contributed by atoms with Crippen LogP contribution < -0.4 is 16.0 Å². The summed E-state index contributed by atoms with van der Waals surface area (Å²) in [5.41, 5.74) is 3.40. The topological polar surface area (TPSA) is 73.1 Å². The normalized spacial score (nSPS) is 10.6. The molecular weight excluding hydrogens is 228 g/mol. The fourth-order valence-electron chi connectivity index (χ4n) is 1.47. The van der Waals surface area contributed by atoms with Crippen LogP contribution in [0.4, 0.5) is 5.82 Å². The van der Waals surface area contributed by atoms with E-state index in [9.17, 15) is 0 Å². The van der Waals surface area contributed by atoms with Gasteiger partial charge in [-0.05, 0) is 13.0 Å². The van der Waals surface area contributed by atoms with Crippen LogP contribution in [0.1, 0.15) is 12.5 Å². The number of hydrazine groups is 1. The molecule has 3 N–H and O–H groups in total. The third-order valence-electron chi connectivity index (χ3n) is 2.24. The molecule has 0 unspecified atom stereocenters. The monoisotopic (exact) mass is 242 g/mol. The third kappa shape index (κ3) is 2.83. The van der Waals surface area contributed by atoms with E-state index in [1.165, 1.54) is 12.4 Å². The Kier molecular flexibility index (Phi) is 3.88. The van der Waals surface area contributed by atoms with Crippen LogP contribution in [0, 0.1) is 0 Å². The number of benzene rings is 1. The maximum atomic E-state index is 5.68. The molecule has 18 heavy (non-hydrogen) atoms. The van der Waals surface area contributed by atoms with Crippen molar-refractivity contribution in [3.63, 3.8) is 0 Å². The predicted molar refractivity (Wildman–Crippen MR) is 71.1 cm³/mol. The van der Waals surface area contributed by atoms with E-state index < -0.39 is 0 Å². The second-order valence-electron chi connectivity index (χ2n) is 3.53. The molecule has 0 radical (unpaired) electrons. The minimum absolute atomic E-state index is 0.391. The van der Waals surface area contributed by atoms with E-state index in [4.69, 9.17) is 10.6 Å². The molecular formula is C13H14N4O. The van der Waals surface area contributed by atoms with Gasteiger partial charge in [-0.1, -0.05) is 30.4 Å². The maximum absolute atomic E-state index is 5.68. The van der Waals surface area contributed by atoms with Crippen LogP contribution >= 0.6 is 0 Å². The van der Waals surface area contributed by atoms with Crippen LogP contribution in [-0.2, 0) is 0 Å². The molecule has 0 spiro atoms. The van der Waals surface area contributed by atoms with Gasteiger partial charge in [0.25, 0.3) is 0 Å². The molecule has 0 atom stereocenters. The smallest absolute Gasteiger partial charge is 0.239 e. The Balaban J connectivity index is 2.27. The summed E-state index contributed by atoms with van der Waals surface area (Å²) < 4.78 is 5.68. The lowest BCUT2D eigenvalue weighted by Gasteiger charge is -2.08. The highest BCUT2D eigenvalue weighted by molar-refractivity contribution is 5.57. The number of nitrogens with one attached hydrogen (secondary N) is 1. The Hall–Kier alpha value is -2.40. The lowest BCUT2D eigenvalue weighted by molar-refractivity contribution is 0.460. The molecule has 5 nitrogen and oxygen atoms in total. The lowest BCUT2D eigenvalue weighted by atomic mass is 10.2. The number of anilines is 1. The number of hydrogen-bond donors (Lipinski definition) is 2. The van der Waals surface area contributed by atoms with E-state index in [0.29, 0.717) is 11.7 Å². The quantitative estimate of drug-likeness (QED) is 0.636. The van der Waals surface area contributed by atoms with E-state index in [2.05, 4.69) is 15.4 Å². The molecule has 0 amide bonds. The number of rotatable bonds is 4. The first-order valence-electron chi connectivity index (χ1n) is 5.51. The van der Waals surface area contributed by atoms with Gasteiger partial charge in [0.2, 0.25) is 5.88 Å². The molecule has 0 aliphatic rings. The summed E-state index contributed by atoms with van der Waals surface area (Å²) in [6, 6.07) is 7.69. The fraction of sp³-hybridized carbons (Fsp3) is 0.0769. The average molecular weight is 242 g/mol. The van der Waals surface area contributed by atoms with Crippen molar-refractivity contribution >= 4 is 11.9 Å². The zero-order chi connectivity index (χ0) is 12.8. The second kappa shape index (κ2) is 5.79. The Morgan fingerprint density at radius 2 is 2.11 bits per heavy atom. The van der Waals surface area contributed by atoms with Crippen molar-refractivity contribution in [3.8, 4) is 11.6 Å². The molecule has 1 heterocycles. The number of hydrogen-bond acceptors (Lipinski definition) is 5. The van der Waals surface area contributed by atoms with Gasteiger partial charge in [0.1, 0.15) is 5.75 Å². The van der Waals surface area contributed by atoms with Gasteiger partial charge in [-0.25, -0.2) is 5.84 Å². The number of allylic oxidation sites excluding steroid dienone is 1. The first-order valence-corrected chi connectivity index (χ1v) is 5.51. The molecule has 92 valence electrons. The van der Waals surface area contributed by atoms with E-state index in [1.807, 2.05) is 43.3 Å². The number of ether oxygens (including phenoxy) is 1. The highest BCUT2D eigenvalue weighted by atomic mass is 16.5. The molecule has 5 heteroatoms. The van der Waals surface area contributed by atoms with Gasteiger partial charge in [-0.2, -0.15) is 4.98 Å². The summed E-state index contributed by atoms with van der Waals surface area (Å²) in [6.07, 6.45) is 6.97. The summed E-state index contributed by atoms with van der Waals surface area (Å²) in [5.74, 6) is 6.84. The van der Waals surface area contributed by atoms with Crippen LogP contribution in [0.5, 0.6) is 11.6 Å². The van der Waals surface area contributed by atoms with E-state index >= 15 is 0 Å². The van der Waals surface area contributed by atoms with Gasteiger partial charge in [0.05, 0.1) is 12.4 Å². The summed E-state index contributed by atoms with van der Waals surface area (Å²) >= 11 is 0. The van der Waals surface area contributed by atoms with Crippen molar-refractivity contribution in [1.82, 2.24) is 9.97 Å². The highest BCUT2D eigenvalue weighted by Gasteiger charge is 2.03. The van der Waals surface area contributed by atoms with Crippen molar-refractivity contribution in [2.45, 2.75) is 6.92 Å². The van der Waals surface area contributed by atoms with Crippen LogP contribution in [0.2, 0.25) is 0 Å². The molecule has 1 aromatic carbocycles. The number of nitrogen functional groups attached to an aromatic ring is 1. The second-order valence-corrected chi connectivity index (χ2v) is 3.53. The zero-order valence-corrected chi connectivity index (χ0v) is 10.00. The molecule has 0 saturated carbocycles. The fourth-order valence-corrected chi connectivity index (χ4v) is 1.47. The van der Waals surface area contributed by atoms with Gasteiger partial charge in [-0.3, -0.25) is 4.98 Å². The van der Waals surface area contributed by atoms with Crippen molar-refractivity contribution < 1.29 is 4.74 Å². The SMILES string of the molecule is C/C=C/c1ccccc1Oc1cncc(NN)n1. The number of nitrogens with zero attached hydrogens (tertiary/aromatic N) is 2. The molecule has 2 rings (SSSR count). The van der Waals surface area contributed by atoms with Crippen LogP contribution in [0.3, 0.4) is 0 Å². The molecule has 0 fully saturated rings. The van der Waals surface area contributed by atoms with Crippen LogP contribution in [-0.4, -0.2) is 9.97 Å². The Morgan fingerprint density at radius 3 is 2.89 bits per heavy atom. The molecule has 0 aliphatic carbocycles. The minimum atomic E-state index is 0.391. The van der Waals surface area contributed by atoms with Crippen molar-refractivity contribution in [3.05, 3.63) is 48.3 Å². The van der Waals surface area contributed by atoms with Gasteiger partial charge in [0.15, 0.2) is 5.82 Å². The van der Waals surface area contributed by atoms with Gasteiger partial charge < -0.3 is 10.2 Å². The van der Waals surface area contributed by atoms with E-state index in [1.54, 1.807) is 0 Å². The standard InChI is InChI=1S/C13H14N4O/c1-2-5-10-6-3-4-7-11(10)18-13-9-15-8-12(16-13)17-14/h2-9H,14H2,1H3,(H,16,17)/b5-2+. The van der Waals surface area contributed by atoms with Gasteiger partial charge in [0, 0.05) is 5.56 Å². The van der Waals surface area contributed by atoms with Crippen LogP contribution in [0.15, 0.2) is 42.7 Å². The van der Waals surface area contributed by atoms with E-state index in [0.717, 1.165) is 11.3 Å². The van der Waals surface area contributed by atoms with E-state index in [-0.39, 0.29) is 0 Å². The average Bonchev–Trinajstić information content (AvgIpc) is 2.41. The summed E-state index contributed by atoms with van der Waals surface area (Å²) in [6.45, 7) is 1.95. The maximum Gasteiger partial charge on any atom is 0.239 e. The highest BCUT2D eigenvalue weighted by Crippen LogP contribution is 2.24. The predicted octanol–water partition coefficient (Wildman–Crippen LogP) is 2.59. The molecule has 0 aliphatic heterocycles. The van der Waals surface area contributed by atoms with Crippen molar-refractivity contribution in [2.24, 2.45) is 5.84 Å². The number of para-hydroxylation sites is 1. The first kappa shape index (κ1) is 12.1. The molecule has 2 aromatic rings. The molecule has 1 aromatic heterocycles. The summed E-state index contributed by atoms with van der Waals surface area (Å²) in [4.78, 5) is 8.12. The van der Waals surface area contributed by atoms with Crippen molar-refractivity contribution in [2.75, 3.05) is 5.43 Å². The summed E-state index contributed by atoms with van der Waals surface area (Å²) in [5, 5.41) is 0. The number of nitrogens with two attached hydrogens (primary N) is 1. The number of aromatic nitrogens is 2. The van der Waals surface area contributed by atoms with Crippen LogP contribution in [0.25, 0.3) is 6.08 Å². The summed E-state index contributed by atoms with van der Waals surface area (Å²) in [7, 11) is 0. The lowest BCUT2D eigenvalue weighted by Crippen LogP contribution is -2.09. The van der Waals surface area contributed by atoms with Gasteiger partial charge >= 0.3 is 0 Å². The molecule has 0 bridgehead atoms. The first-order chi connectivity index (χ1) is 8.83. The Bertz CT molecular complexity index is 554. The Morgan fingerprint density at radius 1 is 1.28 bits per heavy atom. The van der Waals surface area contributed by atoms with Crippen molar-refractivity contribution in [1.29, 1.82) is 0 Å². The Labute approximate surface area is 105 Å².